The van der Waals surface area contributed by atoms with Crippen molar-refractivity contribution >= 4 is 57.2 Å². The van der Waals surface area contributed by atoms with Gasteiger partial charge in [0.1, 0.15) is 15.6 Å². The lowest BCUT2D eigenvalue weighted by Gasteiger charge is -2.09. The topological polar surface area (TPSA) is 150 Å². The van der Waals surface area contributed by atoms with Crippen LogP contribution in [0.3, 0.4) is 0 Å². The van der Waals surface area contributed by atoms with E-state index < -0.39 is 22.8 Å². The number of ether oxygens (including phenoxy) is 2. The molecule has 188 valence electrons. The molecule has 0 bridgehead atoms. The van der Waals surface area contributed by atoms with Crippen LogP contribution in [0.1, 0.15) is 50.0 Å². The summed E-state index contributed by atoms with van der Waals surface area (Å²) >= 11 is 6.14. The number of amides is 1. The van der Waals surface area contributed by atoms with Crippen LogP contribution >= 0.6 is 23.6 Å². The second-order valence-electron chi connectivity index (χ2n) is 7.05. The molecule has 1 amide bonds. The first-order valence-electron chi connectivity index (χ1n) is 10.6. The number of nitro groups is 1. The fourth-order valence-electron chi connectivity index (χ4n) is 3.19. The van der Waals surface area contributed by atoms with Gasteiger partial charge in [0.15, 0.2) is 10.9 Å². The maximum absolute atomic E-state index is 12.7. The molecular formula is C23H21N3O8S2. The summed E-state index contributed by atoms with van der Waals surface area (Å²) in [4.78, 5) is 48.4. The minimum absolute atomic E-state index is 0.0955. The predicted octanol–water partition coefficient (Wildman–Crippen LogP) is 4.70. The van der Waals surface area contributed by atoms with E-state index in [2.05, 4.69) is 10.6 Å². The molecule has 0 unspecified atom stereocenters. The third kappa shape index (κ3) is 5.75. The number of hydrogen-bond donors (Lipinski definition) is 2. The van der Waals surface area contributed by atoms with Gasteiger partial charge in [-0.15, -0.1) is 11.3 Å². The normalized spacial score (nSPS) is 10.4. The highest BCUT2D eigenvalue weighted by molar-refractivity contribution is 7.80. The third-order valence-corrected chi connectivity index (χ3v) is 6.13. The number of benzene rings is 1. The number of esters is 2. The van der Waals surface area contributed by atoms with Gasteiger partial charge >= 0.3 is 11.9 Å². The average molecular weight is 532 g/mol. The van der Waals surface area contributed by atoms with Gasteiger partial charge in [-0.3, -0.25) is 20.2 Å². The first-order chi connectivity index (χ1) is 17.2. The molecule has 0 spiro atoms. The smallest absolute Gasteiger partial charge is 0.348 e. The van der Waals surface area contributed by atoms with E-state index in [4.69, 9.17) is 26.1 Å². The Kier molecular flexibility index (Phi) is 8.51. The van der Waals surface area contributed by atoms with Crippen molar-refractivity contribution in [1.29, 1.82) is 0 Å². The van der Waals surface area contributed by atoms with Crippen LogP contribution < -0.4 is 10.6 Å². The minimum Gasteiger partial charge on any atom is -0.462 e. The summed E-state index contributed by atoms with van der Waals surface area (Å²) in [6, 6.07) is 8.74. The largest absolute Gasteiger partial charge is 0.462 e. The SMILES string of the molecule is CCOC(=O)c1sc(NC(=S)NC(=O)c2ccc(-c3ccccc3[N+](=O)[O-])o2)c(C(=O)OCC)c1C. The predicted molar refractivity (Wildman–Crippen MR) is 135 cm³/mol. The first-order valence-corrected chi connectivity index (χ1v) is 11.8. The maximum atomic E-state index is 12.7. The van der Waals surface area contributed by atoms with Crippen LogP contribution in [0, 0.1) is 17.0 Å². The Morgan fingerprint density at radius 2 is 1.75 bits per heavy atom. The molecule has 1 aromatic carbocycles. The molecule has 0 saturated carbocycles. The summed E-state index contributed by atoms with van der Waals surface area (Å²) in [6.45, 7) is 5.15. The zero-order valence-corrected chi connectivity index (χ0v) is 21.0. The molecule has 0 radical (unpaired) electrons. The van der Waals surface area contributed by atoms with Crippen molar-refractivity contribution < 1.29 is 33.2 Å². The Morgan fingerprint density at radius 3 is 2.42 bits per heavy atom. The molecule has 0 atom stereocenters. The summed E-state index contributed by atoms with van der Waals surface area (Å²) < 4.78 is 15.6. The molecule has 2 N–H and O–H groups in total. The van der Waals surface area contributed by atoms with E-state index in [9.17, 15) is 24.5 Å². The number of carbonyl (C=O) groups excluding carboxylic acids is 3. The van der Waals surface area contributed by atoms with Crippen molar-refractivity contribution in [3.05, 3.63) is 68.3 Å². The number of thiophene rings is 1. The monoisotopic (exact) mass is 531 g/mol. The number of anilines is 1. The number of furan rings is 1. The van der Waals surface area contributed by atoms with E-state index in [-0.39, 0.29) is 56.5 Å². The zero-order valence-electron chi connectivity index (χ0n) is 19.4. The van der Waals surface area contributed by atoms with E-state index in [1.54, 1.807) is 26.8 Å². The molecule has 3 aromatic rings. The van der Waals surface area contributed by atoms with Gasteiger partial charge in [0.05, 0.1) is 29.3 Å². The maximum Gasteiger partial charge on any atom is 0.348 e. The summed E-state index contributed by atoms with van der Waals surface area (Å²) in [5.74, 6) is -2.02. The highest BCUT2D eigenvalue weighted by Gasteiger charge is 2.27. The lowest BCUT2D eigenvalue weighted by molar-refractivity contribution is -0.384. The lowest BCUT2D eigenvalue weighted by Crippen LogP contribution is -2.34. The second kappa shape index (κ2) is 11.6. The number of carbonyl (C=O) groups is 3. The van der Waals surface area contributed by atoms with E-state index >= 15 is 0 Å². The number of nitrogens with one attached hydrogen (secondary N) is 2. The summed E-state index contributed by atoms with van der Waals surface area (Å²) in [5.41, 5.74) is 0.488. The Balaban J connectivity index is 1.80. The Hall–Kier alpha value is -4.10. The molecule has 36 heavy (non-hydrogen) atoms. The number of rotatable bonds is 8. The number of hydrogen-bond acceptors (Lipinski definition) is 10. The van der Waals surface area contributed by atoms with Gasteiger partial charge in [-0.2, -0.15) is 0 Å². The van der Waals surface area contributed by atoms with Gasteiger partial charge in [0.2, 0.25) is 0 Å². The van der Waals surface area contributed by atoms with Gasteiger partial charge in [0.25, 0.3) is 11.6 Å². The Labute approximate surface area is 214 Å². The first kappa shape index (κ1) is 26.5. The van der Waals surface area contributed by atoms with E-state index in [0.717, 1.165) is 11.3 Å². The molecular weight excluding hydrogens is 510 g/mol. The van der Waals surface area contributed by atoms with Gasteiger partial charge in [0, 0.05) is 6.07 Å². The molecule has 0 fully saturated rings. The zero-order chi connectivity index (χ0) is 26.4. The Bertz CT molecular complexity index is 1340. The van der Waals surface area contributed by atoms with Gasteiger partial charge in [-0.25, -0.2) is 9.59 Å². The van der Waals surface area contributed by atoms with Crippen LogP contribution in [-0.2, 0) is 9.47 Å². The molecule has 3 rings (SSSR count). The van der Waals surface area contributed by atoms with Crippen molar-refractivity contribution in [1.82, 2.24) is 5.32 Å². The van der Waals surface area contributed by atoms with Gasteiger partial charge in [-0.05, 0) is 56.8 Å². The van der Waals surface area contributed by atoms with Crippen LogP contribution in [0.2, 0.25) is 0 Å². The van der Waals surface area contributed by atoms with Crippen molar-refractivity contribution in [3.8, 4) is 11.3 Å². The fraction of sp³-hybridized carbons (Fsp3) is 0.217. The van der Waals surface area contributed by atoms with Crippen LogP contribution in [0.25, 0.3) is 11.3 Å². The summed E-state index contributed by atoms with van der Waals surface area (Å²) in [7, 11) is 0. The molecule has 0 aliphatic rings. The number of nitrogens with zero attached hydrogens (tertiary/aromatic N) is 1. The number of nitro benzene ring substituents is 1. The quantitative estimate of drug-likeness (QED) is 0.181. The van der Waals surface area contributed by atoms with Crippen molar-refractivity contribution in [2.24, 2.45) is 0 Å². The molecule has 11 nitrogen and oxygen atoms in total. The molecule has 2 heterocycles. The van der Waals surface area contributed by atoms with E-state index in [0.29, 0.717) is 5.56 Å². The highest BCUT2D eigenvalue weighted by Crippen LogP contribution is 2.34. The molecule has 2 aromatic heterocycles. The van der Waals surface area contributed by atoms with E-state index in [1.165, 1.54) is 30.3 Å². The molecule has 0 aliphatic heterocycles. The molecule has 13 heteroatoms. The van der Waals surface area contributed by atoms with Gasteiger partial charge < -0.3 is 19.2 Å². The molecule has 0 aliphatic carbocycles. The standard InChI is InChI=1S/C23H21N3O8S2/c1-4-32-21(28)17-12(3)18(22(29)33-5-2)36-20(17)25-23(35)24-19(27)16-11-10-15(34-16)13-8-6-7-9-14(13)26(30)31/h6-11H,4-5H2,1-3H3,(H2,24,25,27,35). The van der Waals surface area contributed by atoms with Crippen LogP contribution in [0.5, 0.6) is 0 Å². The Morgan fingerprint density at radius 1 is 1.08 bits per heavy atom. The van der Waals surface area contributed by atoms with Crippen molar-refractivity contribution in [2.75, 3.05) is 18.5 Å². The van der Waals surface area contributed by atoms with Crippen LogP contribution in [0.4, 0.5) is 10.7 Å². The number of thiocarbonyl (C=S) groups is 1. The van der Waals surface area contributed by atoms with Crippen molar-refractivity contribution in [2.45, 2.75) is 20.8 Å². The van der Waals surface area contributed by atoms with Crippen LogP contribution in [0.15, 0.2) is 40.8 Å². The third-order valence-electron chi connectivity index (χ3n) is 4.74. The van der Waals surface area contributed by atoms with Crippen molar-refractivity contribution in [3.63, 3.8) is 0 Å². The minimum atomic E-state index is -0.728. The second-order valence-corrected chi connectivity index (χ2v) is 8.48. The van der Waals surface area contributed by atoms with E-state index in [1.807, 2.05) is 0 Å². The van der Waals surface area contributed by atoms with Crippen LogP contribution in [-0.4, -0.2) is 41.1 Å². The summed E-state index contributed by atoms with van der Waals surface area (Å²) in [5, 5.41) is 16.5. The number of para-hydroxylation sites is 1. The fourth-order valence-corrected chi connectivity index (χ4v) is 4.54. The molecule has 0 saturated heterocycles. The summed E-state index contributed by atoms with van der Waals surface area (Å²) in [6.07, 6.45) is 0. The van der Waals surface area contributed by atoms with Gasteiger partial charge in [-0.1, -0.05) is 12.1 Å². The lowest BCUT2D eigenvalue weighted by atomic mass is 10.1. The highest BCUT2D eigenvalue weighted by atomic mass is 32.1. The average Bonchev–Trinajstić information content (AvgIpc) is 3.44.